The zero-order valence-corrected chi connectivity index (χ0v) is 18.1. The lowest BCUT2D eigenvalue weighted by atomic mass is 10.0. The summed E-state index contributed by atoms with van der Waals surface area (Å²) < 4.78 is 10.7. The molecule has 156 valence electrons. The molecule has 0 spiro atoms. The Labute approximate surface area is 179 Å². The van der Waals surface area contributed by atoms with Crippen molar-refractivity contribution < 1.29 is 19.1 Å². The normalized spacial score (nSPS) is 11.5. The molecule has 1 atom stereocenters. The lowest BCUT2D eigenvalue weighted by molar-refractivity contribution is 0.0938. The van der Waals surface area contributed by atoms with E-state index in [0.29, 0.717) is 27.6 Å². The van der Waals surface area contributed by atoms with Crippen molar-refractivity contribution in [2.75, 3.05) is 19.5 Å². The van der Waals surface area contributed by atoms with E-state index in [2.05, 4.69) is 10.6 Å². The maximum absolute atomic E-state index is 12.8. The van der Waals surface area contributed by atoms with Gasteiger partial charge in [0.05, 0.1) is 25.1 Å². The lowest BCUT2D eigenvalue weighted by Gasteiger charge is -2.19. The topological polar surface area (TPSA) is 76.7 Å². The highest BCUT2D eigenvalue weighted by molar-refractivity contribution is 7.12. The second-order valence-corrected chi connectivity index (χ2v) is 7.72. The number of aryl methyl sites for hydroxylation is 1. The van der Waals surface area contributed by atoms with Gasteiger partial charge in [-0.25, -0.2) is 0 Å². The summed E-state index contributed by atoms with van der Waals surface area (Å²) in [4.78, 5) is 25.7. The molecular weight excluding hydrogens is 400 g/mol. The minimum Gasteiger partial charge on any atom is -0.493 e. The Morgan fingerprint density at radius 3 is 2.37 bits per heavy atom. The van der Waals surface area contributed by atoms with Crippen LogP contribution in [-0.4, -0.2) is 26.0 Å². The number of carbonyl (C=O) groups is 2. The van der Waals surface area contributed by atoms with E-state index < -0.39 is 0 Å². The van der Waals surface area contributed by atoms with Crippen molar-refractivity contribution in [3.05, 3.63) is 75.5 Å². The third-order valence-corrected chi connectivity index (χ3v) is 5.58. The quantitative estimate of drug-likeness (QED) is 0.570. The average Bonchev–Trinajstić information content (AvgIpc) is 3.28. The Kier molecular flexibility index (Phi) is 6.74. The number of amides is 2. The predicted molar refractivity (Wildman–Crippen MR) is 119 cm³/mol. The van der Waals surface area contributed by atoms with E-state index in [4.69, 9.17) is 9.47 Å². The minimum atomic E-state index is -0.248. The number of hydrogen-bond acceptors (Lipinski definition) is 5. The van der Waals surface area contributed by atoms with Crippen LogP contribution in [0.3, 0.4) is 0 Å². The van der Waals surface area contributed by atoms with Crippen LogP contribution < -0.4 is 20.1 Å². The second-order valence-electron chi connectivity index (χ2n) is 6.77. The van der Waals surface area contributed by atoms with E-state index in [1.807, 2.05) is 37.4 Å². The van der Waals surface area contributed by atoms with Gasteiger partial charge in [0.2, 0.25) is 0 Å². The minimum absolute atomic E-state index is 0.197. The number of hydrogen-bond donors (Lipinski definition) is 2. The first-order valence-electron chi connectivity index (χ1n) is 9.41. The first-order chi connectivity index (χ1) is 14.4. The van der Waals surface area contributed by atoms with Gasteiger partial charge in [-0.15, -0.1) is 11.3 Å². The molecule has 7 heteroatoms. The zero-order valence-electron chi connectivity index (χ0n) is 17.3. The van der Waals surface area contributed by atoms with E-state index in [-0.39, 0.29) is 17.9 Å². The van der Waals surface area contributed by atoms with E-state index >= 15 is 0 Å². The summed E-state index contributed by atoms with van der Waals surface area (Å²) in [7, 11) is 3.17. The Bertz CT molecular complexity index is 1050. The predicted octanol–water partition coefficient (Wildman–Crippen LogP) is 4.82. The molecule has 0 aliphatic carbocycles. The number of methoxy groups -OCH3 is 2. The molecule has 0 aliphatic heterocycles. The van der Waals surface area contributed by atoms with Crippen LogP contribution >= 0.6 is 11.3 Å². The highest BCUT2D eigenvalue weighted by Gasteiger charge is 2.17. The fourth-order valence-corrected chi connectivity index (χ4v) is 3.78. The highest BCUT2D eigenvalue weighted by Crippen LogP contribution is 2.33. The third kappa shape index (κ3) is 4.80. The largest absolute Gasteiger partial charge is 0.493 e. The van der Waals surface area contributed by atoms with E-state index in [9.17, 15) is 9.59 Å². The monoisotopic (exact) mass is 424 g/mol. The van der Waals surface area contributed by atoms with Crippen LogP contribution in [0.2, 0.25) is 0 Å². The first kappa shape index (κ1) is 21.4. The maximum atomic E-state index is 12.8. The Balaban J connectivity index is 1.74. The number of nitrogens with one attached hydrogen (secondary N) is 2. The molecular formula is C23H24N2O4S. The van der Waals surface area contributed by atoms with Crippen molar-refractivity contribution in [1.82, 2.24) is 5.32 Å². The van der Waals surface area contributed by atoms with Gasteiger partial charge in [-0.1, -0.05) is 12.1 Å². The molecule has 0 saturated heterocycles. The van der Waals surface area contributed by atoms with Crippen molar-refractivity contribution in [2.45, 2.75) is 19.9 Å². The van der Waals surface area contributed by atoms with Crippen LogP contribution in [-0.2, 0) is 0 Å². The number of carbonyl (C=O) groups excluding carboxylic acids is 2. The molecule has 2 amide bonds. The highest BCUT2D eigenvalue weighted by atomic mass is 32.1. The summed E-state index contributed by atoms with van der Waals surface area (Å²) >= 11 is 1.36. The van der Waals surface area contributed by atoms with Gasteiger partial charge in [-0.05, 0) is 66.8 Å². The van der Waals surface area contributed by atoms with Crippen LogP contribution in [0.1, 0.15) is 44.1 Å². The Morgan fingerprint density at radius 1 is 0.967 bits per heavy atom. The van der Waals surface area contributed by atoms with Crippen LogP contribution in [0.5, 0.6) is 11.5 Å². The molecule has 1 heterocycles. The van der Waals surface area contributed by atoms with Crippen LogP contribution in [0.25, 0.3) is 0 Å². The molecule has 0 aliphatic rings. The maximum Gasteiger partial charge on any atom is 0.265 e. The molecule has 1 unspecified atom stereocenters. The summed E-state index contributed by atoms with van der Waals surface area (Å²) in [5, 5.41) is 7.67. The Morgan fingerprint density at radius 2 is 1.70 bits per heavy atom. The van der Waals surface area contributed by atoms with Gasteiger partial charge in [-0.3, -0.25) is 9.59 Å². The van der Waals surface area contributed by atoms with Gasteiger partial charge in [0, 0.05) is 11.3 Å². The molecule has 3 rings (SSSR count). The van der Waals surface area contributed by atoms with Crippen LogP contribution in [0.4, 0.5) is 5.69 Å². The molecule has 2 aromatic carbocycles. The van der Waals surface area contributed by atoms with Crippen molar-refractivity contribution >= 4 is 28.8 Å². The van der Waals surface area contributed by atoms with Crippen LogP contribution in [0, 0.1) is 6.92 Å². The number of anilines is 1. The van der Waals surface area contributed by atoms with Gasteiger partial charge in [0.1, 0.15) is 0 Å². The fraction of sp³-hybridized carbons (Fsp3) is 0.217. The van der Waals surface area contributed by atoms with E-state index in [1.54, 1.807) is 44.6 Å². The molecule has 1 aromatic heterocycles. The molecule has 2 N–H and O–H groups in total. The molecule has 6 nitrogen and oxygen atoms in total. The van der Waals surface area contributed by atoms with E-state index in [1.165, 1.54) is 11.3 Å². The number of rotatable bonds is 7. The SMILES string of the molecule is COc1cc(C)c(C(C)NC(=O)c2cccc(NC(=O)c3cccs3)c2)cc1OC. The standard InChI is InChI=1S/C23H24N2O4S/c1-14-11-19(28-3)20(29-4)13-18(14)15(2)24-22(26)16-7-5-8-17(12-16)25-23(27)21-9-6-10-30-21/h5-13,15H,1-4H3,(H,24,26)(H,25,27). The lowest BCUT2D eigenvalue weighted by Crippen LogP contribution is -2.27. The van der Waals surface area contributed by atoms with Gasteiger partial charge in [0.15, 0.2) is 11.5 Å². The molecule has 3 aromatic rings. The average molecular weight is 425 g/mol. The van der Waals surface area contributed by atoms with Gasteiger partial charge >= 0.3 is 0 Å². The van der Waals surface area contributed by atoms with Crippen molar-refractivity contribution in [2.24, 2.45) is 0 Å². The number of benzene rings is 2. The summed E-state index contributed by atoms with van der Waals surface area (Å²) in [5.74, 6) is 0.824. The summed E-state index contributed by atoms with van der Waals surface area (Å²) in [6.45, 7) is 3.87. The van der Waals surface area contributed by atoms with Crippen LogP contribution in [0.15, 0.2) is 53.9 Å². The molecule has 0 fully saturated rings. The smallest absolute Gasteiger partial charge is 0.265 e. The molecule has 30 heavy (non-hydrogen) atoms. The number of thiophene rings is 1. The van der Waals surface area contributed by atoms with Crippen molar-refractivity contribution in [3.8, 4) is 11.5 Å². The van der Waals surface area contributed by atoms with Gasteiger partial charge in [0.25, 0.3) is 11.8 Å². The zero-order chi connectivity index (χ0) is 21.7. The van der Waals surface area contributed by atoms with E-state index in [0.717, 1.165) is 11.1 Å². The third-order valence-electron chi connectivity index (χ3n) is 4.71. The van der Waals surface area contributed by atoms with Crippen molar-refractivity contribution in [1.29, 1.82) is 0 Å². The summed E-state index contributed by atoms with van der Waals surface area (Å²) in [6.07, 6.45) is 0. The van der Waals surface area contributed by atoms with Crippen molar-refractivity contribution in [3.63, 3.8) is 0 Å². The summed E-state index contributed by atoms with van der Waals surface area (Å²) in [5.41, 5.74) is 2.94. The van der Waals surface area contributed by atoms with Gasteiger partial charge < -0.3 is 20.1 Å². The Hall–Kier alpha value is -3.32. The molecule has 0 radical (unpaired) electrons. The van der Waals surface area contributed by atoms with Gasteiger partial charge in [-0.2, -0.15) is 0 Å². The number of ether oxygens (including phenoxy) is 2. The second kappa shape index (κ2) is 9.45. The summed E-state index contributed by atoms with van der Waals surface area (Å²) in [6, 6.07) is 14.0. The molecule has 0 bridgehead atoms. The molecule has 0 saturated carbocycles. The fourth-order valence-electron chi connectivity index (χ4n) is 3.16. The first-order valence-corrected chi connectivity index (χ1v) is 10.3.